The molecule has 2 N–H and O–H groups in total. The summed E-state index contributed by atoms with van der Waals surface area (Å²) in [5.74, 6) is 0.0305. The first-order valence-corrected chi connectivity index (χ1v) is 6.49. The summed E-state index contributed by atoms with van der Waals surface area (Å²) in [4.78, 5) is 15.7. The highest BCUT2D eigenvalue weighted by molar-refractivity contribution is 7.09. The molecule has 1 heterocycles. The number of nitrogens with two attached hydrogens (primary N) is 1. The lowest BCUT2D eigenvalue weighted by atomic mass is 10.2. The Hall–Kier alpha value is -2.08. The average molecular weight is 278 g/mol. The molecule has 1 aromatic carbocycles. The van der Waals surface area contributed by atoms with Gasteiger partial charge in [0.05, 0.1) is 29.1 Å². The van der Waals surface area contributed by atoms with E-state index in [1.807, 2.05) is 12.3 Å². The second-order valence-corrected chi connectivity index (χ2v) is 4.95. The second kappa shape index (κ2) is 5.71. The van der Waals surface area contributed by atoms with Crippen molar-refractivity contribution in [3.05, 3.63) is 39.8 Å². The predicted molar refractivity (Wildman–Crippen MR) is 73.4 cm³/mol. The number of aromatic nitrogens is 1. The van der Waals surface area contributed by atoms with Crippen molar-refractivity contribution in [2.45, 2.75) is 13.5 Å². The molecular weight excluding hydrogens is 264 g/mol. The van der Waals surface area contributed by atoms with Gasteiger partial charge in [-0.2, -0.15) is 0 Å². The third kappa shape index (κ3) is 3.23. The molecule has 0 saturated carbocycles. The van der Waals surface area contributed by atoms with Gasteiger partial charge in [0, 0.05) is 5.38 Å². The molecule has 0 aliphatic heterocycles. The summed E-state index contributed by atoms with van der Waals surface area (Å²) < 4.78 is 10.2. The number of ether oxygens (including phenoxy) is 2. The summed E-state index contributed by atoms with van der Waals surface area (Å²) in [5, 5.41) is 2.91. The molecule has 0 radical (unpaired) electrons. The summed E-state index contributed by atoms with van der Waals surface area (Å²) in [6.07, 6.45) is 0. The lowest BCUT2D eigenvalue weighted by Crippen LogP contribution is -2.04. The first-order valence-electron chi connectivity index (χ1n) is 5.62. The molecule has 0 aliphatic carbocycles. The number of hydrogen-bond donors (Lipinski definition) is 1. The molecule has 0 aliphatic rings. The van der Waals surface area contributed by atoms with Crippen LogP contribution in [0.1, 0.15) is 21.1 Å². The van der Waals surface area contributed by atoms with Crippen LogP contribution < -0.4 is 10.5 Å². The Morgan fingerprint density at radius 1 is 1.47 bits per heavy atom. The molecule has 1 aromatic heterocycles. The van der Waals surface area contributed by atoms with E-state index in [1.54, 1.807) is 29.5 Å². The highest BCUT2D eigenvalue weighted by atomic mass is 32.1. The molecule has 2 aromatic rings. The van der Waals surface area contributed by atoms with E-state index in [0.29, 0.717) is 23.6 Å². The zero-order valence-corrected chi connectivity index (χ0v) is 11.5. The Labute approximate surface area is 115 Å². The highest BCUT2D eigenvalue weighted by Crippen LogP contribution is 2.24. The highest BCUT2D eigenvalue weighted by Gasteiger charge is 2.10. The van der Waals surface area contributed by atoms with Gasteiger partial charge in [0.2, 0.25) is 0 Å². The molecule has 0 spiro atoms. The zero-order valence-electron chi connectivity index (χ0n) is 10.7. The average Bonchev–Trinajstić information content (AvgIpc) is 2.82. The Bertz CT molecular complexity index is 595. The number of hydrogen-bond acceptors (Lipinski definition) is 6. The minimum absolute atomic E-state index is 0.319. The maximum atomic E-state index is 11.4. The molecule has 0 amide bonds. The number of anilines is 1. The van der Waals surface area contributed by atoms with Gasteiger partial charge in [-0.25, -0.2) is 9.78 Å². The number of nitrogen functional groups attached to an aromatic ring is 1. The summed E-state index contributed by atoms with van der Waals surface area (Å²) >= 11 is 1.56. The number of thiazole rings is 1. The monoisotopic (exact) mass is 278 g/mol. The third-order valence-electron chi connectivity index (χ3n) is 2.48. The molecule has 0 fully saturated rings. The lowest BCUT2D eigenvalue weighted by molar-refractivity contribution is 0.0600. The van der Waals surface area contributed by atoms with E-state index in [9.17, 15) is 4.79 Å². The van der Waals surface area contributed by atoms with E-state index in [2.05, 4.69) is 9.72 Å². The van der Waals surface area contributed by atoms with E-state index in [-0.39, 0.29) is 0 Å². The van der Waals surface area contributed by atoms with Gasteiger partial charge in [-0.1, -0.05) is 0 Å². The Morgan fingerprint density at radius 3 is 2.89 bits per heavy atom. The van der Waals surface area contributed by atoms with E-state index in [1.165, 1.54) is 7.11 Å². The van der Waals surface area contributed by atoms with Crippen LogP contribution in [0.15, 0.2) is 23.6 Å². The number of benzene rings is 1. The smallest absolute Gasteiger partial charge is 0.337 e. The van der Waals surface area contributed by atoms with Crippen LogP contribution in [0.5, 0.6) is 5.75 Å². The molecule has 6 heteroatoms. The van der Waals surface area contributed by atoms with E-state index in [4.69, 9.17) is 10.5 Å². The Kier molecular flexibility index (Phi) is 4.01. The third-order valence-corrected chi connectivity index (χ3v) is 3.30. The molecule has 0 unspecified atom stereocenters. The second-order valence-electron chi connectivity index (χ2n) is 3.89. The maximum absolute atomic E-state index is 11.4. The first kappa shape index (κ1) is 13.4. The van der Waals surface area contributed by atoms with Crippen molar-refractivity contribution in [3.63, 3.8) is 0 Å². The minimum atomic E-state index is -0.422. The largest absolute Gasteiger partial charge is 0.485 e. The van der Waals surface area contributed by atoms with Gasteiger partial charge < -0.3 is 15.2 Å². The van der Waals surface area contributed by atoms with Crippen LogP contribution in [-0.4, -0.2) is 18.1 Å². The predicted octanol–water partition coefficient (Wildman–Crippen LogP) is 2.40. The quantitative estimate of drug-likeness (QED) is 0.686. The summed E-state index contributed by atoms with van der Waals surface area (Å²) in [5.41, 5.74) is 7.52. The normalized spacial score (nSPS) is 10.2. The number of carbonyl (C=O) groups excluding carboxylic acids is 1. The summed E-state index contributed by atoms with van der Waals surface area (Å²) in [6.45, 7) is 2.25. The van der Waals surface area contributed by atoms with E-state index < -0.39 is 5.97 Å². The van der Waals surface area contributed by atoms with Gasteiger partial charge in [0.25, 0.3) is 0 Å². The van der Waals surface area contributed by atoms with Crippen molar-refractivity contribution in [3.8, 4) is 5.75 Å². The van der Waals surface area contributed by atoms with Gasteiger partial charge in [0.15, 0.2) is 0 Å². The Morgan fingerprint density at radius 2 is 2.26 bits per heavy atom. The molecular formula is C13H14N2O3S. The molecule has 0 bridgehead atoms. The van der Waals surface area contributed by atoms with Gasteiger partial charge in [0.1, 0.15) is 12.4 Å². The fourth-order valence-corrected chi connectivity index (χ4v) is 2.13. The number of aryl methyl sites for hydroxylation is 1. The molecule has 0 saturated heterocycles. The number of methoxy groups -OCH3 is 1. The van der Waals surface area contributed by atoms with Crippen LogP contribution in [0.2, 0.25) is 0 Å². The van der Waals surface area contributed by atoms with Crippen molar-refractivity contribution in [1.29, 1.82) is 0 Å². The lowest BCUT2D eigenvalue weighted by Gasteiger charge is -2.09. The van der Waals surface area contributed by atoms with Crippen LogP contribution in [0.3, 0.4) is 0 Å². The van der Waals surface area contributed by atoms with Crippen LogP contribution in [0.4, 0.5) is 5.69 Å². The summed E-state index contributed by atoms with van der Waals surface area (Å²) in [7, 11) is 1.33. The first-order chi connectivity index (χ1) is 9.10. The van der Waals surface area contributed by atoms with Gasteiger partial charge in [-0.05, 0) is 25.1 Å². The molecule has 5 nitrogen and oxygen atoms in total. The number of rotatable bonds is 4. The minimum Gasteiger partial charge on any atom is -0.485 e. The molecule has 2 rings (SSSR count). The van der Waals surface area contributed by atoms with Crippen molar-refractivity contribution in [2.24, 2.45) is 0 Å². The SMILES string of the molecule is COC(=O)c1ccc(N)c(OCc2csc(C)n2)c1. The number of carbonyl (C=O) groups is 1. The van der Waals surface area contributed by atoms with E-state index in [0.717, 1.165) is 10.7 Å². The standard InChI is InChI=1S/C13H14N2O3S/c1-8-15-10(7-19-8)6-18-12-5-9(13(16)17-2)3-4-11(12)14/h3-5,7H,6,14H2,1-2H3. The summed E-state index contributed by atoms with van der Waals surface area (Å²) in [6, 6.07) is 4.79. The fourth-order valence-electron chi connectivity index (χ4n) is 1.53. The number of esters is 1. The van der Waals surface area contributed by atoms with Crippen molar-refractivity contribution in [2.75, 3.05) is 12.8 Å². The molecule has 19 heavy (non-hydrogen) atoms. The van der Waals surface area contributed by atoms with Crippen LogP contribution >= 0.6 is 11.3 Å². The van der Waals surface area contributed by atoms with Gasteiger partial charge in [-0.3, -0.25) is 0 Å². The van der Waals surface area contributed by atoms with Crippen LogP contribution in [0, 0.1) is 6.92 Å². The zero-order chi connectivity index (χ0) is 13.8. The van der Waals surface area contributed by atoms with Crippen molar-refractivity contribution >= 4 is 23.0 Å². The van der Waals surface area contributed by atoms with Gasteiger partial charge >= 0.3 is 5.97 Å². The van der Waals surface area contributed by atoms with Crippen molar-refractivity contribution in [1.82, 2.24) is 4.98 Å². The topological polar surface area (TPSA) is 74.4 Å². The van der Waals surface area contributed by atoms with Crippen LogP contribution in [-0.2, 0) is 11.3 Å². The maximum Gasteiger partial charge on any atom is 0.337 e. The number of nitrogens with zero attached hydrogens (tertiary/aromatic N) is 1. The Balaban J connectivity index is 2.12. The van der Waals surface area contributed by atoms with Crippen LogP contribution in [0.25, 0.3) is 0 Å². The molecule has 100 valence electrons. The van der Waals surface area contributed by atoms with Crippen molar-refractivity contribution < 1.29 is 14.3 Å². The van der Waals surface area contributed by atoms with Gasteiger partial charge in [-0.15, -0.1) is 11.3 Å². The molecule has 0 atom stereocenters. The van der Waals surface area contributed by atoms with E-state index >= 15 is 0 Å². The fraction of sp³-hybridized carbons (Fsp3) is 0.231.